The first kappa shape index (κ1) is 12.2. The molecule has 0 heterocycles. The minimum Gasteiger partial charge on any atom is -0.207 e. The van der Waals surface area contributed by atoms with Crippen LogP contribution in [0.3, 0.4) is 0 Å². The molecular formula is C16H19F. The number of rotatable bonds is 3. The standard InChI is InChI=1S/C16H19F/c1-2-10-16(11-5-3-4-6-12-16)14-8-7-9-15(17)13-14/h7-9,13H,2,5-6,10-12H2,1H3. The van der Waals surface area contributed by atoms with Gasteiger partial charge in [0.15, 0.2) is 0 Å². The number of hydrogen-bond acceptors (Lipinski definition) is 0. The molecule has 0 aliphatic heterocycles. The third-order valence-corrected chi connectivity index (χ3v) is 3.75. The lowest BCUT2D eigenvalue weighted by atomic mass is 9.71. The normalized spacial score (nSPS) is 18.0. The Morgan fingerprint density at radius 3 is 2.53 bits per heavy atom. The van der Waals surface area contributed by atoms with Crippen LogP contribution in [-0.4, -0.2) is 0 Å². The molecule has 1 aromatic rings. The second-order valence-electron chi connectivity index (χ2n) is 4.89. The van der Waals surface area contributed by atoms with Gasteiger partial charge in [0.25, 0.3) is 0 Å². The second kappa shape index (κ2) is 5.36. The lowest BCUT2D eigenvalue weighted by molar-refractivity contribution is 0.344. The van der Waals surface area contributed by atoms with Crippen molar-refractivity contribution in [3.63, 3.8) is 0 Å². The molecule has 0 amide bonds. The van der Waals surface area contributed by atoms with Crippen LogP contribution in [0.25, 0.3) is 0 Å². The van der Waals surface area contributed by atoms with Gasteiger partial charge in [-0.2, -0.15) is 0 Å². The maximum absolute atomic E-state index is 13.4. The predicted octanol–water partition coefficient (Wildman–Crippen LogP) is 4.44. The number of halogens is 1. The molecule has 0 unspecified atom stereocenters. The average Bonchev–Trinajstić information content (AvgIpc) is 2.56. The van der Waals surface area contributed by atoms with Crippen LogP contribution in [0, 0.1) is 17.7 Å². The van der Waals surface area contributed by atoms with E-state index in [0.717, 1.165) is 44.1 Å². The molecule has 0 radical (unpaired) electrons. The average molecular weight is 230 g/mol. The van der Waals surface area contributed by atoms with Crippen molar-refractivity contribution in [2.75, 3.05) is 0 Å². The first-order valence-corrected chi connectivity index (χ1v) is 6.49. The van der Waals surface area contributed by atoms with E-state index in [1.165, 1.54) is 6.07 Å². The lowest BCUT2D eigenvalue weighted by Crippen LogP contribution is -2.25. The molecule has 0 spiro atoms. The zero-order chi connectivity index (χ0) is 12.1. The fourth-order valence-corrected chi connectivity index (χ4v) is 2.89. The van der Waals surface area contributed by atoms with E-state index in [0.29, 0.717) is 0 Å². The first-order chi connectivity index (χ1) is 8.27. The van der Waals surface area contributed by atoms with Crippen molar-refractivity contribution >= 4 is 0 Å². The van der Waals surface area contributed by atoms with Crippen LogP contribution in [0.4, 0.5) is 4.39 Å². The fraction of sp³-hybridized carbons (Fsp3) is 0.500. The minimum absolute atomic E-state index is 0.122. The molecule has 1 aliphatic carbocycles. The molecule has 0 atom stereocenters. The summed E-state index contributed by atoms with van der Waals surface area (Å²) in [5.41, 5.74) is 1.29. The molecule has 1 heteroatoms. The molecule has 0 aromatic heterocycles. The Morgan fingerprint density at radius 2 is 1.94 bits per heavy atom. The highest BCUT2D eigenvalue weighted by Crippen LogP contribution is 2.39. The number of hydrogen-bond donors (Lipinski definition) is 0. The van der Waals surface area contributed by atoms with Crippen LogP contribution in [0.2, 0.25) is 0 Å². The Labute approximate surface area is 103 Å². The summed E-state index contributed by atoms with van der Waals surface area (Å²) in [6.07, 6.45) is 6.28. The van der Waals surface area contributed by atoms with Gasteiger partial charge in [-0.25, -0.2) is 4.39 Å². The van der Waals surface area contributed by atoms with E-state index in [9.17, 15) is 4.39 Å². The molecular weight excluding hydrogens is 211 g/mol. The third kappa shape index (κ3) is 2.69. The van der Waals surface area contributed by atoms with Crippen LogP contribution in [0.1, 0.15) is 51.0 Å². The van der Waals surface area contributed by atoms with Gasteiger partial charge in [-0.1, -0.05) is 25.5 Å². The SMILES string of the molecule is CCCC1(c2cccc(F)c2)CCC#CCC1. The highest BCUT2D eigenvalue weighted by atomic mass is 19.1. The van der Waals surface area contributed by atoms with Gasteiger partial charge in [0.2, 0.25) is 0 Å². The molecule has 1 aliphatic rings. The van der Waals surface area contributed by atoms with Crippen LogP contribution >= 0.6 is 0 Å². The van der Waals surface area contributed by atoms with E-state index in [2.05, 4.69) is 24.8 Å². The van der Waals surface area contributed by atoms with E-state index in [4.69, 9.17) is 0 Å². The molecule has 0 bridgehead atoms. The van der Waals surface area contributed by atoms with E-state index >= 15 is 0 Å². The zero-order valence-corrected chi connectivity index (χ0v) is 10.4. The molecule has 1 aromatic carbocycles. The van der Waals surface area contributed by atoms with E-state index in [-0.39, 0.29) is 11.2 Å². The first-order valence-electron chi connectivity index (χ1n) is 6.49. The van der Waals surface area contributed by atoms with Gasteiger partial charge < -0.3 is 0 Å². The second-order valence-corrected chi connectivity index (χ2v) is 4.89. The Balaban J connectivity index is 2.33. The Kier molecular flexibility index (Phi) is 3.84. The quantitative estimate of drug-likeness (QED) is 0.673. The Morgan fingerprint density at radius 1 is 1.24 bits per heavy atom. The molecule has 0 N–H and O–H groups in total. The van der Waals surface area contributed by atoms with Crippen molar-refractivity contribution in [2.45, 2.75) is 50.9 Å². The van der Waals surface area contributed by atoms with E-state index in [1.54, 1.807) is 6.07 Å². The van der Waals surface area contributed by atoms with Crippen LogP contribution in [0.5, 0.6) is 0 Å². The zero-order valence-electron chi connectivity index (χ0n) is 10.4. The van der Waals surface area contributed by atoms with E-state index in [1.807, 2.05) is 6.07 Å². The summed E-state index contributed by atoms with van der Waals surface area (Å²) in [6, 6.07) is 7.13. The van der Waals surface area contributed by atoms with Crippen molar-refractivity contribution in [1.29, 1.82) is 0 Å². The van der Waals surface area contributed by atoms with Crippen LogP contribution in [-0.2, 0) is 5.41 Å². The largest absolute Gasteiger partial charge is 0.207 e. The summed E-state index contributed by atoms with van der Waals surface area (Å²) in [7, 11) is 0. The molecule has 90 valence electrons. The van der Waals surface area contributed by atoms with Crippen molar-refractivity contribution in [3.05, 3.63) is 35.6 Å². The summed E-state index contributed by atoms with van der Waals surface area (Å²) >= 11 is 0. The topological polar surface area (TPSA) is 0 Å². The Hall–Kier alpha value is -1.29. The van der Waals surface area contributed by atoms with Crippen molar-refractivity contribution in [1.82, 2.24) is 0 Å². The molecule has 0 saturated heterocycles. The van der Waals surface area contributed by atoms with Crippen molar-refractivity contribution < 1.29 is 4.39 Å². The van der Waals surface area contributed by atoms with Crippen LogP contribution in [0.15, 0.2) is 24.3 Å². The fourth-order valence-electron chi connectivity index (χ4n) is 2.89. The van der Waals surface area contributed by atoms with Gasteiger partial charge in [-0.3, -0.25) is 0 Å². The molecule has 17 heavy (non-hydrogen) atoms. The lowest BCUT2D eigenvalue weighted by Gasteiger charge is -2.33. The van der Waals surface area contributed by atoms with Gasteiger partial charge in [-0.05, 0) is 42.4 Å². The highest BCUT2D eigenvalue weighted by Gasteiger charge is 2.31. The highest BCUT2D eigenvalue weighted by molar-refractivity contribution is 5.28. The number of benzene rings is 1. The Bertz CT molecular complexity index is 424. The van der Waals surface area contributed by atoms with E-state index < -0.39 is 0 Å². The summed E-state index contributed by atoms with van der Waals surface area (Å²) in [5, 5.41) is 0. The van der Waals surface area contributed by atoms with Crippen LogP contribution < -0.4 is 0 Å². The van der Waals surface area contributed by atoms with Gasteiger partial charge in [0.1, 0.15) is 5.82 Å². The third-order valence-electron chi connectivity index (χ3n) is 3.75. The van der Waals surface area contributed by atoms with Gasteiger partial charge in [0.05, 0.1) is 0 Å². The summed E-state index contributed by atoms with van der Waals surface area (Å²) in [5.74, 6) is 6.28. The monoisotopic (exact) mass is 230 g/mol. The maximum Gasteiger partial charge on any atom is 0.123 e. The molecule has 0 nitrogen and oxygen atoms in total. The van der Waals surface area contributed by atoms with Gasteiger partial charge in [0, 0.05) is 12.8 Å². The molecule has 0 saturated carbocycles. The predicted molar refractivity (Wildman–Crippen MR) is 69.2 cm³/mol. The molecule has 2 rings (SSSR count). The maximum atomic E-state index is 13.4. The smallest absolute Gasteiger partial charge is 0.123 e. The van der Waals surface area contributed by atoms with Crippen molar-refractivity contribution in [3.8, 4) is 11.8 Å². The van der Waals surface area contributed by atoms with Gasteiger partial charge in [-0.15, -0.1) is 11.8 Å². The minimum atomic E-state index is -0.122. The van der Waals surface area contributed by atoms with Gasteiger partial charge >= 0.3 is 0 Å². The summed E-state index contributed by atoms with van der Waals surface area (Å²) in [4.78, 5) is 0. The molecule has 0 fully saturated rings. The summed E-state index contributed by atoms with van der Waals surface area (Å²) < 4.78 is 13.4. The van der Waals surface area contributed by atoms with Crippen molar-refractivity contribution in [2.24, 2.45) is 0 Å². The summed E-state index contributed by atoms with van der Waals surface area (Å²) in [6.45, 7) is 2.20.